The molecule has 2 N–H and O–H groups in total. The van der Waals surface area contributed by atoms with Gasteiger partial charge in [-0.3, -0.25) is 29.5 Å². The van der Waals surface area contributed by atoms with Gasteiger partial charge in [-0.25, -0.2) is 0 Å². The zero-order valence-corrected chi connectivity index (χ0v) is 30.3. The van der Waals surface area contributed by atoms with Crippen molar-refractivity contribution in [3.63, 3.8) is 0 Å². The normalized spacial score (nSPS) is 26.2. The van der Waals surface area contributed by atoms with Crippen LogP contribution in [0, 0.1) is 23.7 Å². The van der Waals surface area contributed by atoms with Gasteiger partial charge in [0.1, 0.15) is 17.2 Å². The fourth-order valence-corrected chi connectivity index (χ4v) is 9.60. The number of phenolic OH excluding ortho intramolecular Hbond substituents is 1. The van der Waals surface area contributed by atoms with Crippen molar-refractivity contribution in [1.82, 2.24) is 9.91 Å². The van der Waals surface area contributed by atoms with Gasteiger partial charge in [-0.05, 0) is 72.4 Å². The van der Waals surface area contributed by atoms with Gasteiger partial charge in [-0.2, -0.15) is 5.01 Å². The van der Waals surface area contributed by atoms with Gasteiger partial charge in [0.05, 0.1) is 54.6 Å². The Labute approximate surface area is 315 Å². The highest BCUT2D eigenvalue weighted by atomic mass is 35.5. The number of aromatic hydroxyl groups is 1. The van der Waals surface area contributed by atoms with Gasteiger partial charge in [0.25, 0.3) is 11.8 Å². The van der Waals surface area contributed by atoms with Gasteiger partial charge in [0.2, 0.25) is 11.8 Å². The third-order valence-corrected chi connectivity index (χ3v) is 12.0. The Morgan fingerprint density at radius 3 is 2.30 bits per heavy atom. The van der Waals surface area contributed by atoms with Gasteiger partial charge in [0, 0.05) is 16.5 Å². The van der Waals surface area contributed by atoms with Gasteiger partial charge < -0.3 is 14.6 Å². The van der Waals surface area contributed by atoms with Crippen LogP contribution in [0.25, 0.3) is 0 Å². The number of carbonyl (C=O) groups excluding carboxylic acids is 4. The molecule has 2 aliphatic heterocycles. The summed E-state index contributed by atoms with van der Waals surface area (Å²) in [4.78, 5) is 60.1. The smallest absolute Gasteiger partial charge is 0.260 e. The molecule has 0 bridgehead atoms. The lowest BCUT2D eigenvalue weighted by atomic mass is 9.49. The van der Waals surface area contributed by atoms with Crippen molar-refractivity contribution in [3.8, 4) is 17.2 Å². The van der Waals surface area contributed by atoms with Crippen LogP contribution in [0.15, 0.2) is 103 Å². The van der Waals surface area contributed by atoms with Crippen LogP contribution in [0.4, 0.5) is 5.69 Å². The number of rotatable bonds is 8. The van der Waals surface area contributed by atoms with Crippen molar-refractivity contribution >= 4 is 52.5 Å². The minimum Gasteiger partial charge on any atom is -0.508 e. The first-order chi connectivity index (χ1) is 25.6. The molecule has 270 valence electrons. The molecule has 8 rings (SSSR count). The summed E-state index contributed by atoms with van der Waals surface area (Å²) in [5.41, 5.74) is 3.93. The Kier molecular flexibility index (Phi) is 8.70. The molecule has 2 aliphatic carbocycles. The quantitative estimate of drug-likeness (QED) is 0.147. The third kappa shape index (κ3) is 5.29. The van der Waals surface area contributed by atoms with Gasteiger partial charge in [-0.15, -0.1) is 0 Å². The molecule has 0 radical (unpaired) electrons. The standard InChI is InChI=1S/C41H35Cl2N3O7/c1-52-25-14-11-23(12-15-25)41-29(38(49)46(40(41)51)44-31-18-13-24(42)19-30(31)43)20-28-26(36(41)35-32(47)9-6-10-33(35)53-2)16-17-27-34(28)39(50)45(37(27)48)21-22-7-4-3-5-8-22/h3-16,18-19,27-29,34,36,44,47H,17,20-21H2,1-2H3. The van der Waals surface area contributed by atoms with Crippen molar-refractivity contribution in [2.45, 2.75) is 30.7 Å². The molecular weight excluding hydrogens is 717 g/mol. The van der Waals surface area contributed by atoms with Crippen molar-refractivity contribution in [3.05, 3.63) is 129 Å². The van der Waals surface area contributed by atoms with E-state index in [4.69, 9.17) is 32.7 Å². The predicted octanol–water partition coefficient (Wildman–Crippen LogP) is 6.90. The molecule has 6 unspecified atom stereocenters. The van der Waals surface area contributed by atoms with E-state index in [0.29, 0.717) is 33.2 Å². The highest BCUT2D eigenvalue weighted by molar-refractivity contribution is 6.36. The summed E-state index contributed by atoms with van der Waals surface area (Å²) >= 11 is 12.7. The van der Waals surface area contributed by atoms with E-state index in [1.807, 2.05) is 36.4 Å². The molecule has 4 amide bonds. The average molecular weight is 753 g/mol. The molecule has 4 aromatic carbocycles. The van der Waals surface area contributed by atoms with Gasteiger partial charge in [-0.1, -0.05) is 83.4 Å². The zero-order chi connectivity index (χ0) is 37.2. The number of fused-ring (bicyclic) bond motifs is 4. The predicted molar refractivity (Wildman–Crippen MR) is 197 cm³/mol. The molecule has 4 aliphatic rings. The van der Waals surface area contributed by atoms with E-state index in [2.05, 4.69) is 5.43 Å². The summed E-state index contributed by atoms with van der Waals surface area (Å²) in [6.45, 7) is 0.125. The number of likely N-dealkylation sites (tertiary alicyclic amines) is 1. The molecule has 12 heteroatoms. The third-order valence-electron chi connectivity index (χ3n) is 11.4. The SMILES string of the molecule is COc1ccc(C23C(=O)N(Nc4ccc(Cl)cc4Cl)C(=O)C2CC2C(=CCC4C(=O)N(Cc5ccccc5)C(=O)C42)C3c2c(O)cccc2OC)cc1. The fraction of sp³-hybridized carbons (Fsp3) is 0.268. The van der Waals surface area contributed by atoms with E-state index in [-0.39, 0.29) is 47.7 Å². The number of halogens is 2. The minimum atomic E-state index is -1.65. The number of amides is 4. The highest BCUT2D eigenvalue weighted by Gasteiger charge is 2.71. The number of ether oxygens (including phenoxy) is 2. The molecule has 6 atom stereocenters. The lowest BCUT2D eigenvalue weighted by Gasteiger charge is -2.50. The zero-order valence-electron chi connectivity index (χ0n) is 28.8. The summed E-state index contributed by atoms with van der Waals surface area (Å²) in [7, 11) is 3.01. The van der Waals surface area contributed by atoms with Crippen molar-refractivity contribution in [2.24, 2.45) is 23.7 Å². The molecular formula is C41H35Cl2N3O7. The minimum absolute atomic E-state index is 0.0841. The molecule has 1 saturated carbocycles. The summed E-state index contributed by atoms with van der Waals surface area (Å²) in [6.07, 6.45) is 2.26. The fourth-order valence-electron chi connectivity index (χ4n) is 9.15. The molecule has 2 heterocycles. The number of hydrogen-bond donors (Lipinski definition) is 2. The first kappa shape index (κ1) is 34.7. The van der Waals surface area contributed by atoms with E-state index in [9.17, 15) is 19.5 Å². The maximum absolute atomic E-state index is 15.4. The van der Waals surface area contributed by atoms with Crippen molar-refractivity contribution in [2.75, 3.05) is 19.6 Å². The number of hydrazine groups is 1. The molecule has 0 spiro atoms. The number of nitrogens with one attached hydrogen (secondary N) is 1. The highest BCUT2D eigenvalue weighted by Crippen LogP contribution is 2.66. The summed E-state index contributed by atoms with van der Waals surface area (Å²) in [5, 5.41) is 13.3. The van der Waals surface area contributed by atoms with Crippen LogP contribution in [-0.2, 0) is 31.1 Å². The van der Waals surface area contributed by atoms with Crippen LogP contribution >= 0.6 is 23.2 Å². The number of nitrogens with zero attached hydrogens (tertiary/aromatic N) is 2. The van der Waals surface area contributed by atoms with Crippen LogP contribution in [-0.4, -0.2) is 52.9 Å². The van der Waals surface area contributed by atoms with E-state index >= 15 is 4.79 Å². The number of allylic oxidation sites excluding steroid dienone is 2. The number of carbonyl (C=O) groups is 4. The topological polar surface area (TPSA) is 125 Å². The lowest BCUT2D eigenvalue weighted by molar-refractivity contribution is -0.142. The first-order valence-corrected chi connectivity index (χ1v) is 18.0. The summed E-state index contributed by atoms with van der Waals surface area (Å²) < 4.78 is 11.3. The van der Waals surface area contributed by atoms with Crippen LogP contribution in [0.2, 0.25) is 10.0 Å². The molecule has 3 fully saturated rings. The molecule has 2 saturated heterocycles. The summed E-state index contributed by atoms with van der Waals surface area (Å²) in [6, 6.07) is 25.8. The number of hydrogen-bond acceptors (Lipinski definition) is 8. The number of imide groups is 2. The molecule has 10 nitrogen and oxygen atoms in total. The summed E-state index contributed by atoms with van der Waals surface area (Å²) in [5.74, 6) is -5.10. The Balaban J connectivity index is 1.33. The maximum Gasteiger partial charge on any atom is 0.260 e. The van der Waals surface area contributed by atoms with E-state index in [1.165, 1.54) is 31.3 Å². The second-order valence-corrected chi connectivity index (χ2v) is 14.7. The number of phenols is 1. The van der Waals surface area contributed by atoms with Crippen LogP contribution < -0.4 is 14.9 Å². The number of methoxy groups -OCH3 is 2. The molecule has 4 aromatic rings. The van der Waals surface area contributed by atoms with Gasteiger partial charge >= 0.3 is 0 Å². The second-order valence-electron chi connectivity index (χ2n) is 13.9. The van der Waals surface area contributed by atoms with Crippen LogP contribution in [0.5, 0.6) is 17.2 Å². The number of benzene rings is 4. The van der Waals surface area contributed by atoms with E-state index in [0.717, 1.165) is 10.6 Å². The van der Waals surface area contributed by atoms with Crippen molar-refractivity contribution < 1.29 is 33.8 Å². The number of anilines is 1. The Morgan fingerprint density at radius 2 is 1.60 bits per heavy atom. The Hall–Kier alpha value is -5.32. The second kappa shape index (κ2) is 13.3. The maximum atomic E-state index is 15.4. The largest absolute Gasteiger partial charge is 0.508 e. The molecule has 0 aromatic heterocycles. The van der Waals surface area contributed by atoms with E-state index in [1.54, 1.807) is 48.5 Å². The van der Waals surface area contributed by atoms with Crippen LogP contribution in [0.3, 0.4) is 0 Å². The van der Waals surface area contributed by atoms with Gasteiger partial charge in [0.15, 0.2) is 0 Å². The lowest BCUT2D eigenvalue weighted by Crippen LogP contribution is -2.53. The van der Waals surface area contributed by atoms with Crippen molar-refractivity contribution in [1.29, 1.82) is 0 Å². The monoisotopic (exact) mass is 751 g/mol. The average Bonchev–Trinajstić information content (AvgIpc) is 3.53. The molecule has 53 heavy (non-hydrogen) atoms. The Morgan fingerprint density at radius 1 is 0.849 bits per heavy atom. The van der Waals surface area contributed by atoms with Crippen LogP contribution in [0.1, 0.15) is 35.4 Å². The van der Waals surface area contributed by atoms with E-state index < -0.39 is 46.8 Å². The first-order valence-electron chi connectivity index (χ1n) is 17.3. The Bertz CT molecular complexity index is 2190.